The Kier molecular flexibility index (Phi) is 11.6. The van der Waals surface area contributed by atoms with E-state index in [1.807, 2.05) is 26.0 Å². The second-order valence-electron chi connectivity index (χ2n) is 6.87. The zero-order chi connectivity index (χ0) is 20.4. The van der Waals surface area contributed by atoms with E-state index in [-0.39, 0.29) is 35.8 Å². The molecule has 1 aromatic rings. The van der Waals surface area contributed by atoms with Crippen LogP contribution in [0.15, 0.2) is 23.2 Å². The monoisotopic (exact) mass is 516 g/mol. The third-order valence-corrected chi connectivity index (χ3v) is 4.45. The predicted molar refractivity (Wildman–Crippen MR) is 126 cm³/mol. The second-order valence-corrected chi connectivity index (χ2v) is 6.87. The van der Waals surface area contributed by atoms with Crippen LogP contribution in [0.2, 0.25) is 0 Å². The average Bonchev–Trinajstić information content (AvgIpc) is 2.67. The van der Waals surface area contributed by atoms with Crippen molar-refractivity contribution in [3.8, 4) is 5.75 Å². The van der Waals surface area contributed by atoms with Gasteiger partial charge in [-0.15, -0.1) is 24.0 Å². The number of rotatable bonds is 9. The molecule has 0 atom stereocenters. The molecule has 1 aliphatic rings. The Bertz CT molecular complexity index is 693. The summed E-state index contributed by atoms with van der Waals surface area (Å²) < 4.78 is 5.85. The molecule has 7 nitrogen and oxygen atoms in total. The molecule has 1 saturated heterocycles. The third-order valence-electron chi connectivity index (χ3n) is 4.45. The number of guanidine groups is 1. The highest BCUT2D eigenvalue weighted by Gasteiger charge is 2.25. The van der Waals surface area contributed by atoms with Crippen LogP contribution >= 0.6 is 24.0 Å². The van der Waals surface area contributed by atoms with Crippen molar-refractivity contribution in [2.24, 2.45) is 4.99 Å². The van der Waals surface area contributed by atoms with Gasteiger partial charge in [-0.3, -0.25) is 14.5 Å². The van der Waals surface area contributed by atoms with Gasteiger partial charge in [0.15, 0.2) is 5.96 Å². The molecule has 0 aliphatic carbocycles. The number of aliphatic imine (C=N–C) groups is 1. The van der Waals surface area contributed by atoms with Crippen LogP contribution in [0, 0.1) is 6.92 Å². The largest absolute Gasteiger partial charge is 0.493 e. The molecule has 0 saturated carbocycles. The first-order chi connectivity index (χ1) is 13.5. The van der Waals surface area contributed by atoms with Crippen molar-refractivity contribution >= 4 is 41.8 Å². The van der Waals surface area contributed by atoms with Crippen molar-refractivity contribution < 1.29 is 14.3 Å². The normalized spacial score (nSPS) is 14.4. The van der Waals surface area contributed by atoms with Gasteiger partial charge in [-0.25, -0.2) is 4.99 Å². The van der Waals surface area contributed by atoms with Gasteiger partial charge in [0.2, 0.25) is 11.8 Å². The number of hydrogen-bond acceptors (Lipinski definition) is 4. The van der Waals surface area contributed by atoms with E-state index in [0.717, 1.165) is 29.8 Å². The minimum Gasteiger partial charge on any atom is -0.493 e. The Labute approximate surface area is 190 Å². The van der Waals surface area contributed by atoms with Gasteiger partial charge in [0.25, 0.3) is 0 Å². The number of carbonyl (C=O) groups excluding carboxylic acids is 2. The van der Waals surface area contributed by atoms with E-state index in [2.05, 4.69) is 28.6 Å². The van der Waals surface area contributed by atoms with E-state index < -0.39 is 0 Å². The molecule has 0 bridgehead atoms. The minimum atomic E-state index is -0.0858. The van der Waals surface area contributed by atoms with Crippen LogP contribution in [-0.4, -0.2) is 48.9 Å². The molecule has 0 unspecified atom stereocenters. The SMILES string of the molecule is CCCOc1cc(C)ccc1CN=C(NCC)NCCN1C(=O)CCCC1=O.I. The van der Waals surface area contributed by atoms with Gasteiger partial charge in [0.1, 0.15) is 5.75 Å². The third kappa shape index (κ3) is 8.20. The van der Waals surface area contributed by atoms with E-state index in [1.165, 1.54) is 4.90 Å². The number of piperidine rings is 1. The molecule has 1 aliphatic heterocycles. The maximum Gasteiger partial charge on any atom is 0.229 e. The number of aryl methyl sites for hydroxylation is 1. The van der Waals surface area contributed by atoms with Crippen LogP contribution in [0.5, 0.6) is 5.75 Å². The highest BCUT2D eigenvalue weighted by molar-refractivity contribution is 14.0. The highest BCUT2D eigenvalue weighted by atomic mass is 127. The first-order valence-electron chi connectivity index (χ1n) is 10.1. The number of halogens is 1. The number of benzene rings is 1. The van der Waals surface area contributed by atoms with Gasteiger partial charge in [0, 0.05) is 38.0 Å². The Morgan fingerprint density at radius 2 is 1.90 bits per heavy atom. The number of nitrogens with zero attached hydrogens (tertiary/aromatic N) is 2. The fourth-order valence-electron chi connectivity index (χ4n) is 2.98. The summed E-state index contributed by atoms with van der Waals surface area (Å²) in [5, 5.41) is 6.40. The average molecular weight is 516 g/mol. The van der Waals surface area contributed by atoms with Gasteiger partial charge in [0.05, 0.1) is 13.2 Å². The lowest BCUT2D eigenvalue weighted by Crippen LogP contribution is -2.46. The minimum absolute atomic E-state index is 0. The maximum absolute atomic E-state index is 11.9. The van der Waals surface area contributed by atoms with Crippen LogP contribution in [0.1, 0.15) is 50.7 Å². The Balaban J connectivity index is 0.00000420. The summed E-state index contributed by atoms with van der Waals surface area (Å²) in [7, 11) is 0. The second kappa shape index (κ2) is 13.4. The van der Waals surface area contributed by atoms with Crippen molar-refractivity contribution in [3.05, 3.63) is 29.3 Å². The molecule has 0 spiro atoms. The summed E-state index contributed by atoms with van der Waals surface area (Å²) in [5.74, 6) is 1.35. The van der Waals surface area contributed by atoms with E-state index in [9.17, 15) is 9.59 Å². The summed E-state index contributed by atoms with van der Waals surface area (Å²) in [6, 6.07) is 6.13. The van der Waals surface area contributed by atoms with Crippen molar-refractivity contribution in [1.82, 2.24) is 15.5 Å². The van der Waals surface area contributed by atoms with Crippen LogP contribution in [0.4, 0.5) is 0 Å². The lowest BCUT2D eigenvalue weighted by Gasteiger charge is -2.25. The predicted octanol–water partition coefficient (Wildman–Crippen LogP) is 3.00. The van der Waals surface area contributed by atoms with Gasteiger partial charge in [-0.05, 0) is 38.3 Å². The van der Waals surface area contributed by atoms with E-state index in [4.69, 9.17) is 4.74 Å². The topological polar surface area (TPSA) is 83.0 Å². The zero-order valence-electron chi connectivity index (χ0n) is 17.6. The highest BCUT2D eigenvalue weighted by Crippen LogP contribution is 2.21. The van der Waals surface area contributed by atoms with Crippen molar-refractivity contribution in [3.63, 3.8) is 0 Å². The fourth-order valence-corrected chi connectivity index (χ4v) is 2.98. The number of nitrogens with one attached hydrogen (secondary N) is 2. The summed E-state index contributed by atoms with van der Waals surface area (Å²) in [4.78, 5) is 29.7. The van der Waals surface area contributed by atoms with Crippen molar-refractivity contribution in [2.75, 3.05) is 26.2 Å². The van der Waals surface area contributed by atoms with E-state index in [1.54, 1.807) is 0 Å². The van der Waals surface area contributed by atoms with Gasteiger partial charge < -0.3 is 15.4 Å². The van der Waals surface area contributed by atoms with Crippen molar-refractivity contribution in [1.29, 1.82) is 0 Å². The number of likely N-dealkylation sites (tertiary alicyclic amines) is 1. The first-order valence-corrected chi connectivity index (χ1v) is 10.1. The summed E-state index contributed by atoms with van der Waals surface area (Å²) in [6.07, 6.45) is 2.52. The summed E-state index contributed by atoms with van der Waals surface area (Å²) in [5.41, 5.74) is 2.18. The van der Waals surface area contributed by atoms with Crippen LogP contribution < -0.4 is 15.4 Å². The number of imide groups is 1. The quantitative estimate of drug-likeness (QED) is 0.228. The molecule has 162 valence electrons. The molecular weight excluding hydrogens is 483 g/mol. The molecule has 0 aromatic heterocycles. The standard InChI is InChI=1S/C21H32N4O3.HI/c1-4-13-28-18-14-16(3)9-10-17(18)15-24-21(22-5-2)23-11-12-25-19(26)7-6-8-20(25)27;/h9-10,14H,4-8,11-13,15H2,1-3H3,(H2,22,23,24);1H. The lowest BCUT2D eigenvalue weighted by atomic mass is 10.1. The molecule has 2 N–H and O–H groups in total. The molecule has 0 radical (unpaired) electrons. The number of amides is 2. The number of ether oxygens (including phenoxy) is 1. The summed E-state index contributed by atoms with van der Waals surface area (Å²) in [6.45, 7) is 8.83. The van der Waals surface area contributed by atoms with Gasteiger partial charge >= 0.3 is 0 Å². The number of hydrogen-bond donors (Lipinski definition) is 2. The molecule has 1 fully saturated rings. The van der Waals surface area contributed by atoms with Gasteiger partial charge in [-0.2, -0.15) is 0 Å². The molecule has 1 aromatic carbocycles. The lowest BCUT2D eigenvalue weighted by molar-refractivity contribution is -0.147. The van der Waals surface area contributed by atoms with E-state index in [0.29, 0.717) is 51.5 Å². The molecule has 2 rings (SSSR count). The van der Waals surface area contributed by atoms with Gasteiger partial charge in [-0.1, -0.05) is 19.1 Å². The van der Waals surface area contributed by atoms with Crippen LogP contribution in [0.3, 0.4) is 0 Å². The molecule has 2 amide bonds. The molecular formula is C21H33IN4O3. The first kappa shape index (κ1) is 25.2. The molecule has 8 heteroatoms. The van der Waals surface area contributed by atoms with Crippen LogP contribution in [-0.2, 0) is 16.1 Å². The summed E-state index contributed by atoms with van der Waals surface area (Å²) >= 11 is 0. The van der Waals surface area contributed by atoms with E-state index >= 15 is 0 Å². The Hall–Kier alpha value is -1.84. The number of carbonyl (C=O) groups is 2. The zero-order valence-corrected chi connectivity index (χ0v) is 20.0. The fraction of sp³-hybridized carbons (Fsp3) is 0.571. The molecule has 1 heterocycles. The maximum atomic E-state index is 11.9. The Morgan fingerprint density at radius 1 is 1.17 bits per heavy atom. The smallest absolute Gasteiger partial charge is 0.229 e. The van der Waals surface area contributed by atoms with Crippen LogP contribution in [0.25, 0.3) is 0 Å². The van der Waals surface area contributed by atoms with Crippen molar-refractivity contribution in [2.45, 2.75) is 53.0 Å². The molecule has 29 heavy (non-hydrogen) atoms. The Morgan fingerprint density at radius 3 is 2.55 bits per heavy atom.